The van der Waals surface area contributed by atoms with E-state index in [1.807, 2.05) is 61.5 Å². The van der Waals surface area contributed by atoms with Crippen molar-refractivity contribution in [3.8, 4) is 5.75 Å². The monoisotopic (exact) mass is 477 g/mol. The van der Waals surface area contributed by atoms with E-state index in [0.29, 0.717) is 36.5 Å². The molecule has 2 aromatic rings. The lowest BCUT2D eigenvalue weighted by atomic mass is 9.75. The maximum absolute atomic E-state index is 13.3. The number of hydrogen-bond acceptors (Lipinski definition) is 6. The second-order valence-electron chi connectivity index (χ2n) is 8.41. The van der Waals surface area contributed by atoms with Crippen LogP contribution >= 0.6 is 11.8 Å². The van der Waals surface area contributed by atoms with Crippen LogP contribution in [-0.4, -0.2) is 29.9 Å². The molecule has 0 aromatic heterocycles. The third-order valence-corrected chi connectivity index (χ3v) is 6.99. The SMILES string of the molecule is CCSCCOC(=O)C1=C(C)NC2=C(C(=O)CCC2)[C@H]1c1ccccc1OCc1ccccc1. The van der Waals surface area contributed by atoms with Crippen molar-refractivity contribution >= 4 is 23.5 Å². The summed E-state index contributed by atoms with van der Waals surface area (Å²) < 4.78 is 11.9. The molecule has 34 heavy (non-hydrogen) atoms. The summed E-state index contributed by atoms with van der Waals surface area (Å²) in [5, 5.41) is 3.35. The normalized spacial score (nSPS) is 17.8. The van der Waals surface area contributed by atoms with Crippen molar-refractivity contribution in [3.63, 3.8) is 0 Å². The van der Waals surface area contributed by atoms with Gasteiger partial charge in [-0.1, -0.05) is 55.5 Å². The Balaban J connectivity index is 1.70. The Morgan fingerprint density at radius 1 is 1.09 bits per heavy atom. The average Bonchev–Trinajstić information content (AvgIpc) is 2.85. The van der Waals surface area contributed by atoms with Crippen LogP contribution in [0.5, 0.6) is 5.75 Å². The Bertz CT molecular complexity index is 1110. The molecular formula is C28H31NO4S. The molecule has 1 aliphatic heterocycles. The molecule has 1 N–H and O–H groups in total. The molecule has 1 aliphatic carbocycles. The van der Waals surface area contributed by atoms with Crippen LogP contribution in [-0.2, 0) is 20.9 Å². The number of dihydropyridines is 1. The molecule has 1 atom stereocenters. The van der Waals surface area contributed by atoms with Crippen LogP contribution in [0.4, 0.5) is 0 Å². The zero-order valence-electron chi connectivity index (χ0n) is 19.8. The number of thioether (sulfide) groups is 1. The minimum absolute atomic E-state index is 0.0796. The number of nitrogens with one attached hydrogen (secondary N) is 1. The first kappa shape index (κ1) is 24.1. The number of hydrogen-bond donors (Lipinski definition) is 1. The first-order valence-corrected chi connectivity index (χ1v) is 13.0. The highest BCUT2D eigenvalue weighted by Gasteiger charge is 2.40. The predicted octanol–water partition coefficient (Wildman–Crippen LogP) is 5.53. The van der Waals surface area contributed by atoms with Crippen molar-refractivity contribution < 1.29 is 19.1 Å². The summed E-state index contributed by atoms with van der Waals surface area (Å²) in [4.78, 5) is 26.5. The lowest BCUT2D eigenvalue weighted by molar-refractivity contribution is -0.138. The van der Waals surface area contributed by atoms with Gasteiger partial charge in [0.05, 0.1) is 11.5 Å². The van der Waals surface area contributed by atoms with Gasteiger partial charge in [0.1, 0.15) is 19.0 Å². The number of rotatable bonds is 9. The Kier molecular flexibility index (Phi) is 8.12. The molecule has 2 aliphatic rings. The minimum Gasteiger partial charge on any atom is -0.489 e. The fraction of sp³-hybridized carbons (Fsp3) is 0.357. The fourth-order valence-electron chi connectivity index (χ4n) is 4.57. The summed E-state index contributed by atoms with van der Waals surface area (Å²) in [7, 11) is 0. The predicted molar refractivity (Wildman–Crippen MR) is 136 cm³/mol. The maximum atomic E-state index is 13.3. The number of benzene rings is 2. The number of Topliss-reactive ketones (excluding diaryl/α,β-unsaturated/α-hetero) is 1. The third kappa shape index (κ3) is 5.39. The van der Waals surface area contributed by atoms with Crippen molar-refractivity contribution in [2.45, 2.75) is 45.6 Å². The number of carbonyl (C=O) groups is 2. The summed E-state index contributed by atoms with van der Waals surface area (Å²) in [5.74, 6) is 1.58. The van der Waals surface area contributed by atoms with E-state index in [1.54, 1.807) is 11.8 Å². The summed E-state index contributed by atoms with van der Waals surface area (Å²) in [6.45, 7) is 4.71. The second kappa shape index (κ2) is 11.4. The van der Waals surface area contributed by atoms with Gasteiger partial charge in [0.15, 0.2) is 5.78 Å². The van der Waals surface area contributed by atoms with E-state index in [2.05, 4.69) is 12.2 Å². The van der Waals surface area contributed by atoms with Crippen molar-refractivity contribution in [2.24, 2.45) is 0 Å². The number of allylic oxidation sites excluding steroid dienone is 3. The molecule has 0 fully saturated rings. The fourth-order valence-corrected chi connectivity index (χ4v) is 5.06. The topological polar surface area (TPSA) is 64.6 Å². The van der Waals surface area contributed by atoms with E-state index in [9.17, 15) is 9.59 Å². The molecule has 2 aromatic carbocycles. The molecule has 0 saturated heterocycles. The van der Waals surface area contributed by atoms with Crippen LogP contribution in [0, 0.1) is 0 Å². The molecule has 0 saturated carbocycles. The van der Waals surface area contributed by atoms with Gasteiger partial charge in [0, 0.05) is 34.7 Å². The van der Waals surface area contributed by atoms with Gasteiger partial charge >= 0.3 is 5.97 Å². The Morgan fingerprint density at radius 2 is 1.85 bits per heavy atom. The number of ether oxygens (including phenoxy) is 2. The number of ketones is 1. The van der Waals surface area contributed by atoms with Crippen LogP contribution in [0.15, 0.2) is 77.1 Å². The smallest absolute Gasteiger partial charge is 0.336 e. The molecule has 0 bridgehead atoms. The largest absolute Gasteiger partial charge is 0.489 e. The Labute approximate surface area is 205 Å². The summed E-state index contributed by atoms with van der Waals surface area (Å²) in [5.41, 5.74) is 4.68. The van der Waals surface area contributed by atoms with E-state index < -0.39 is 5.92 Å². The van der Waals surface area contributed by atoms with E-state index >= 15 is 0 Å². The molecule has 0 unspecified atom stereocenters. The van der Waals surface area contributed by atoms with Crippen molar-refractivity contribution in [2.75, 3.05) is 18.1 Å². The van der Waals surface area contributed by atoms with Crippen molar-refractivity contribution in [1.82, 2.24) is 5.32 Å². The number of carbonyl (C=O) groups excluding carboxylic acids is 2. The van der Waals surface area contributed by atoms with E-state index in [0.717, 1.165) is 46.9 Å². The molecule has 178 valence electrons. The Morgan fingerprint density at radius 3 is 2.65 bits per heavy atom. The molecule has 1 heterocycles. The number of para-hydroxylation sites is 1. The molecule has 6 heteroatoms. The summed E-state index contributed by atoms with van der Waals surface area (Å²) >= 11 is 1.73. The number of esters is 1. The van der Waals surface area contributed by atoms with Gasteiger partial charge in [-0.15, -0.1) is 0 Å². The molecule has 0 radical (unpaired) electrons. The van der Waals surface area contributed by atoms with Gasteiger partial charge in [-0.25, -0.2) is 4.79 Å². The first-order chi connectivity index (χ1) is 16.6. The average molecular weight is 478 g/mol. The molecule has 4 rings (SSSR count). The standard InChI is InChI=1S/C28H31NO4S/c1-3-34-17-16-32-28(31)25-19(2)29-22-13-9-14-23(30)27(22)26(25)21-12-7-8-15-24(21)33-18-20-10-5-4-6-11-20/h4-8,10-12,15,26,29H,3,9,13-14,16-18H2,1-2H3/t26-/m0/s1. The van der Waals surface area contributed by atoms with Crippen LogP contribution in [0.3, 0.4) is 0 Å². The second-order valence-corrected chi connectivity index (χ2v) is 9.80. The van der Waals surface area contributed by atoms with Crippen molar-refractivity contribution in [3.05, 3.63) is 88.3 Å². The van der Waals surface area contributed by atoms with Gasteiger partial charge in [-0.2, -0.15) is 11.8 Å². The van der Waals surface area contributed by atoms with Crippen LogP contribution in [0.25, 0.3) is 0 Å². The minimum atomic E-state index is -0.512. The van der Waals surface area contributed by atoms with Crippen LogP contribution < -0.4 is 10.1 Å². The zero-order chi connectivity index (χ0) is 23.9. The first-order valence-electron chi connectivity index (χ1n) is 11.8. The van der Waals surface area contributed by atoms with E-state index in [1.165, 1.54) is 0 Å². The lowest BCUT2D eigenvalue weighted by Gasteiger charge is -2.34. The van der Waals surface area contributed by atoms with Crippen LogP contribution in [0.2, 0.25) is 0 Å². The van der Waals surface area contributed by atoms with Crippen molar-refractivity contribution in [1.29, 1.82) is 0 Å². The van der Waals surface area contributed by atoms with E-state index in [-0.39, 0.29) is 11.8 Å². The highest BCUT2D eigenvalue weighted by Crippen LogP contribution is 2.45. The van der Waals surface area contributed by atoms with E-state index in [4.69, 9.17) is 9.47 Å². The van der Waals surface area contributed by atoms with Crippen LogP contribution in [0.1, 0.15) is 50.2 Å². The Hall–Kier alpha value is -2.99. The summed E-state index contributed by atoms with van der Waals surface area (Å²) in [6.07, 6.45) is 2.08. The third-order valence-electron chi connectivity index (χ3n) is 6.13. The highest BCUT2D eigenvalue weighted by molar-refractivity contribution is 7.99. The molecule has 5 nitrogen and oxygen atoms in total. The molecule has 0 amide bonds. The van der Waals surface area contributed by atoms with Gasteiger partial charge in [0.25, 0.3) is 0 Å². The van der Waals surface area contributed by atoms with Gasteiger partial charge < -0.3 is 14.8 Å². The lowest BCUT2D eigenvalue weighted by Crippen LogP contribution is -2.34. The molecule has 0 spiro atoms. The quantitative estimate of drug-likeness (QED) is 0.378. The zero-order valence-corrected chi connectivity index (χ0v) is 20.6. The van der Waals surface area contributed by atoms with Gasteiger partial charge in [-0.3, -0.25) is 4.79 Å². The molecular weight excluding hydrogens is 446 g/mol. The van der Waals surface area contributed by atoms with Gasteiger partial charge in [0.2, 0.25) is 0 Å². The highest BCUT2D eigenvalue weighted by atomic mass is 32.2. The van der Waals surface area contributed by atoms with Gasteiger partial charge in [-0.05, 0) is 37.1 Å². The summed E-state index contributed by atoms with van der Waals surface area (Å²) in [6, 6.07) is 17.7. The maximum Gasteiger partial charge on any atom is 0.336 e.